The van der Waals surface area contributed by atoms with E-state index in [9.17, 15) is 0 Å². The van der Waals surface area contributed by atoms with Crippen LogP contribution in [0.5, 0.6) is 11.8 Å². The summed E-state index contributed by atoms with van der Waals surface area (Å²) in [7, 11) is 3.20. The maximum absolute atomic E-state index is 5.09. The lowest BCUT2D eigenvalue weighted by molar-refractivity contribution is 0.361. The summed E-state index contributed by atoms with van der Waals surface area (Å²) in [5, 5.41) is 0. The number of methoxy groups -OCH3 is 2. The van der Waals surface area contributed by atoms with Crippen molar-refractivity contribution in [3.8, 4) is 11.8 Å². The second kappa shape index (κ2) is 3.95. The minimum atomic E-state index is 0.587. The first-order valence-electron chi connectivity index (χ1n) is 3.89. The average molecular weight is 167 g/mol. The number of aryl methyl sites for hydroxylation is 1. The van der Waals surface area contributed by atoms with E-state index >= 15 is 0 Å². The van der Waals surface area contributed by atoms with E-state index < -0.39 is 0 Å². The van der Waals surface area contributed by atoms with Gasteiger partial charge in [-0.25, -0.2) is 0 Å². The largest absolute Gasteiger partial charge is 0.481 e. The van der Waals surface area contributed by atoms with Crippen molar-refractivity contribution < 1.29 is 9.47 Å². The molecule has 0 aliphatic heterocycles. The molecule has 12 heavy (non-hydrogen) atoms. The van der Waals surface area contributed by atoms with Crippen LogP contribution in [-0.2, 0) is 6.42 Å². The molecule has 0 bridgehead atoms. The molecule has 1 rings (SSSR count). The molecule has 66 valence electrons. The van der Waals surface area contributed by atoms with Gasteiger partial charge >= 0.3 is 0 Å². The van der Waals surface area contributed by atoms with E-state index in [1.165, 1.54) is 0 Å². The van der Waals surface area contributed by atoms with Gasteiger partial charge in [0.1, 0.15) is 0 Å². The molecule has 0 N–H and O–H groups in total. The van der Waals surface area contributed by atoms with Gasteiger partial charge < -0.3 is 9.47 Å². The highest BCUT2D eigenvalue weighted by atomic mass is 16.5. The van der Waals surface area contributed by atoms with Crippen LogP contribution >= 0.6 is 0 Å². The van der Waals surface area contributed by atoms with Gasteiger partial charge in [0.25, 0.3) is 0 Å². The molecule has 3 nitrogen and oxygen atoms in total. The molecule has 0 atom stereocenters. The van der Waals surface area contributed by atoms with Gasteiger partial charge in [-0.1, -0.05) is 6.92 Å². The first-order chi connectivity index (χ1) is 5.81. The Balaban J connectivity index is 3.02. The Morgan fingerprint density at radius 3 is 2.50 bits per heavy atom. The van der Waals surface area contributed by atoms with Crippen LogP contribution in [0.1, 0.15) is 12.5 Å². The molecule has 0 radical (unpaired) electrons. The van der Waals surface area contributed by atoms with Gasteiger partial charge in [-0.3, -0.25) is 0 Å². The molecule has 0 saturated heterocycles. The molecule has 0 unspecified atom stereocenters. The minimum absolute atomic E-state index is 0.587. The minimum Gasteiger partial charge on any atom is -0.481 e. The zero-order valence-electron chi connectivity index (χ0n) is 7.63. The molecule has 0 aliphatic rings. The predicted octanol–water partition coefficient (Wildman–Crippen LogP) is 1.66. The van der Waals surface area contributed by atoms with Crippen LogP contribution in [0.15, 0.2) is 12.1 Å². The number of pyridine rings is 1. The predicted molar refractivity (Wildman–Crippen MR) is 46.7 cm³/mol. The van der Waals surface area contributed by atoms with Gasteiger partial charge in [0.05, 0.1) is 14.2 Å². The lowest BCUT2D eigenvalue weighted by Gasteiger charge is -2.06. The summed E-state index contributed by atoms with van der Waals surface area (Å²) in [5.41, 5.74) is 1.10. The molecule has 1 aromatic rings. The topological polar surface area (TPSA) is 31.4 Å². The van der Waals surface area contributed by atoms with Crippen molar-refractivity contribution in [1.82, 2.24) is 4.98 Å². The molecule has 3 heteroatoms. The van der Waals surface area contributed by atoms with E-state index in [1.807, 2.05) is 12.1 Å². The normalized spacial score (nSPS) is 9.58. The molecule has 1 aromatic heterocycles. The number of hydrogen-bond donors (Lipinski definition) is 0. The summed E-state index contributed by atoms with van der Waals surface area (Å²) < 4.78 is 10.1. The zero-order valence-corrected chi connectivity index (χ0v) is 7.63. The van der Waals surface area contributed by atoms with Gasteiger partial charge in [-0.2, -0.15) is 4.98 Å². The van der Waals surface area contributed by atoms with Crippen molar-refractivity contribution >= 4 is 0 Å². The molecular formula is C9H13NO2. The quantitative estimate of drug-likeness (QED) is 0.686. The van der Waals surface area contributed by atoms with Crippen molar-refractivity contribution in [3.63, 3.8) is 0 Å². The van der Waals surface area contributed by atoms with E-state index in [2.05, 4.69) is 11.9 Å². The van der Waals surface area contributed by atoms with Gasteiger partial charge in [0.2, 0.25) is 11.8 Å². The van der Waals surface area contributed by atoms with Crippen LogP contribution in [-0.4, -0.2) is 19.2 Å². The highest BCUT2D eigenvalue weighted by Gasteiger charge is 2.03. The van der Waals surface area contributed by atoms with E-state index in [0.717, 1.165) is 12.0 Å². The number of ether oxygens (including phenoxy) is 2. The maximum Gasteiger partial charge on any atom is 0.219 e. The molecule has 0 aliphatic carbocycles. The Hall–Kier alpha value is -1.25. The summed E-state index contributed by atoms with van der Waals surface area (Å²) in [6, 6.07) is 3.80. The van der Waals surface area contributed by atoms with Crippen molar-refractivity contribution in [2.45, 2.75) is 13.3 Å². The fourth-order valence-electron chi connectivity index (χ4n) is 1.01. The molecule has 0 aromatic carbocycles. The van der Waals surface area contributed by atoms with Crippen molar-refractivity contribution in [1.29, 1.82) is 0 Å². The van der Waals surface area contributed by atoms with Crippen LogP contribution in [0.2, 0.25) is 0 Å². The first kappa shape index (κ1) is 8.84. The molecule has 0 saturated carbocycles. The van der Waals surface area contributed by atoms with Gasteiger partial charge in [-0.05, 0) is 12.5 Å². The van der Waals surface area contributed by atoms with Crippen molar-refractivity contribution in [3.05, 3.63) is 17.7 Å². The summed E-state index contributed by atoms with van der Waals surface area (Å²) in [5.74, 6) is 1.24. The highest BCUT2D eigenvalue weighted by Crippen LogP contribution is 2.19. The Morgan fingerprint density at radius 2 is 2.00 bits per heavy atom. The summed E-state index contributed by atoms with van der Waals surface area (Å²) in [6.45, 7) is 2.06. The second-order valence-electron chi connectivity index (χ2n) is 2.38. The van der Waals surface area contributed by atoms with E-state index in [-0.39, 0.29) is 0 Å². The monoisotopic (exact) mass is 167 g/mol. The molecule has 0 amide bonds. The number of nitrogens with zero attached hydrogens (tertiary/aromatic N) is 1. The van der Waals surface area contributed by atoms with Crippen LogP contribution in [0.25, 0.3) is 0 Å². The Labute approximate surface area is 72.3 Å². The standard InChI is InChI=1S/C9H13NO2/c1-4-7-5-6-8(11-2)10-9(7)12-3/h5-6H,4H2,1-3H3. The lowest BCUT2D eigenvalue weighted by Crippen LogP contribution is -1.96. The third-order valence-electron chi connectivity index (χ3n) is 1.70. The number of rotatable bonds is 3. The van der Waals surface area contributed by atoms with Crippen molar-refractivity contribution in [2.75, 3.05) is 14.2 Å². The fraction of sp³-hybridized carbons (Fsp3) is 0.444. The maximum atomic E-state index is 5.09. The number of hydrogen-bond acceptors (Lipinski definition) is 3. The lowest BCUT2D eigenvalue weighted by atomic mass is 10.2. The van der Waals surface area contributed by atoms with Crippen LogP contribution in [0.4, 0.5) is 0 Å². The summed E-state index contributed by atoms with van der Waals surface area (Å²) in [6.07, 6.45) is 0.917. The van der Waals surface area contributed by atoms with Crippen LogP contribution < -0.4 is 9.47 Å². The van der Waals surface area contributed by atoms with E-state index in [0.29, 0.717) is 11.8 Å². The average Bonchev–Trinajstić information content (AvgIpc) is 2.16. The summed E-state index contributed by atoms with van der Waals surface area (Å²) >= 11 is 0. The molecule has 0 spiro atoms. The Kier molecular flexibility index (Phi) is 2.91. The van der Waals surface area contributed by atoms with Crippen LogP contribution in [0, 0.1) is 0 Å². The summed E-state index contributed by atoms with van der Waals surface area (Å²) in [4.78, 5) is 4.14. The first-order valence-corrected chi connectivity index (χ1v) is 3.89. The fourth-order valence-corrected chi connectivity index (χ4v) is 1.01. The third-order valence-corrected chi connectivity index (χ3v) is 1.70. The third kappa shape index (κ3) is 1.67. The second-order valence-corrected chi connectivity index (χ2v) is 2.38. The Bertz CT molecular complexity index is 261. The SMILES string of the molecule is CCc1ccc(OC)nc1OC. The van der Waals surface area contributed by atoms with Crippen molar-refractivity contribution in [2.24, 2.45) is 0 Å². The molecule has 1 heterocycles. The number of aromatic nitrogens is 1. The van der Waals surface area contributed by atoms with Gasteiger partial charge in [0.15, 0.2) is 0 Å². The highest BCUT2D eigenvalue weighted by molar-refractivity contribution is 5.30. The van der Waals surface area contributed by atoms with E-state index in [1.54, 1.807) is 14.2 Å². The van der Waals surface area contributed by atoms with Crippen LogP contribution in [0.3, 0.4) is 0 Å². The smallest absolute Gasteiger partial charge is 0.219 e. The Morgan fingerprint density at radius 1 is 1.25 bits per heavy atom. The van der Waals surface area contributed by atoms with E-state index in [4.69, 9.17) is 9.47 Å². The van der Waals surface area contributed by atoms with Gasteiger partial charge in [-0.15, -0.1) is 0 Å². The zero-order chi connectivity index (χ0) is 8.97. The van der Waals surface area contributed by atoms with Gasteiger partial charge in [0, 0.05) is 11.6 Å². The molecular weight excluding hydrogens is 154 g/mol. The molecule has 0 fully saturated rings.